The zero-order chi connectivity index (χ0) is 27.0. The lowest BCUT2D eigenvalue weighted by Gasteiger charge is -2.33. The number of aromatic nitrogens is 1. The Hall–Kier alpha value is -3.61. The number of rotatable bonds is 6. The Morgan fingerprint density at radius 1 is 1.00 bits per heavy atom. The molecule has 0 aliphatic heterocycles. The maximum absolute atomic E-state index is 13.9. The summed E-state index contributed by atoms with van der Waals surface area (Å²) in [5.41, 5.74) is 1.44. The first kappa shape index (κ1) is 27.0. The number of aromatic amines is 1. The van der Waals surface area contributed by atoms with Gasteiger partial charge in [-0.15, -0.1) is 0 Å². The lowest BCUT2D eigenvalue weighted by Crippen LogP contribution is -2.38. The Bertz CT molecular complexity index is 1360. The number of nitrogens with zero attached hydrogens (tertiary/aromatic N) is 1. The topological polar surface area (TPSA) is 111 Å². The van der Waals surface area contributed by atoms with Crippen LogP contribution in [0.4, 0.5) is 5.69 Å². The minimum atomic E-state index is -0.965. The zero-order valence-corrected chi connectivity index (χ0v) is 22.1. The van der Waals surface area contributed by atoms with Crippen LogP contribution in [0.15, 0.2) is 47.4 Å². The number of carboxylic acid groups (broad SMARTS) is 1. The van der Waals surface area contributed by atoms with Gasteiger partial charge < -0.3 is 20.1 Å². The quantitative estimate of drug-likeness (QED) is 0.416. The molecule has 36 heavy (non-hydrogen) atoms. The molecule has 192 valence electrons. The molecular weight excluding hydrogens is 456 g/mol. The highest BCUT2D eigenvalue weighted by atomic mass is 16.4. The highest BCUT2D eigenvalue weighted by Crippen LogP contribution is 2.41. The van der Waals surface area contributed by atoms with E-state index in [2.05, 4.69) is 4.98 Å². The Morgan fingerprint density at radius 3 is 2.19 bits per heavy atom. The van der Waals surface area contributed by atoms with E-state index in [4.69, 9.17) is 0 Å². The van der Waals surface area contributed by atoms with Crippen LogP contribution in [-0.4, -0.2) is 33.6 Å². The van der Waals surface area contributed by atoms with Crippen LogP contribution >= 0.6 is 0 Å². The van der Waals surface area contributed by atoms with Crippen molar-refractivity contribution in [3.63, 3.8) is 0 Å². The summed E-state index contributed by atoms with van der Waals surface area (Å²) < 4.78 is 0. The van der Waals surface area contributed by atoms with E-state index in [1.807, 2.05) is 47.6 Å². The summed E-state index contributed by atoms with van der Waals surface area (Å²) in [5.74, 6) is -2.17. The zero-order valence-electron chi connectivity index (χ0n) is 22.1. The second-order valence-electron chi connectivity index (χ2n) is 11.4. The number of carboxylic acids is 1. The molecule has 0 bridgehead atoms. The van der Waals surface area contributed by atoms with Gasteiger partial charge in [-0.3, -0.25) is 14.4 Å². The van der Waals surface area contributed by atoms with Gasteiger partial charge in [-0.1, -0.05) is 60.6 Å². The molecule has 1 unspecified atom stereocenters. The molecular formula is C29H36N2O5. The van der Waals surface area contributed by atoms with Crippen LogP contribution in [-0.2, 0) is 15.6 Å². The first-order valence-corrected chi connectivity index (χ1v) is 12.2. The second kappa shape index (κ2) is 9.80. The third-order valence-electron chi connectivity index (χ3n) is 6.49. The fourth-order valence-corrected chi connectivity index (χ4v) is 4.25. The lowest BCUT2D eigenvalue weighted by atomic mass is 9.79. The summed E-state index contributed by atoms with van der Waals surface area (Å²) >= 11 is 0. The van der Waals surface area contributed by atoms with E-state index in [0.29, 0.717) is 16.6 Å². The molecule has 0 aliphatic carbocycles. The molecule has 1 atom stereocenters. The van der Waals surface area contributed by atoms with Crippen molar-refractivity contribution >= 4 is 28.5 Å². The maximum Gasteiger partial charge on any atom is 0.306 e. The van der Waals surface area contributed by atoms with Crippen LogP contribution in [0.25, 0.3) is 10.9 Å². The summed E-state index contributed by atoms with van der Waals surface area (Å²) in [4.78, 5) is 43.2. The summed E-state index contributed by atoms with van der Waals surface area (Å²) in [6, 6.07) is 10.4. The van der Waals surface area contributed by atoms with Crippen LogP contribution < -0.4 is 10.3 Å². The van der Waals surface area contributed by atoms with Crippen molar-refractivity contribution in [3.8, 4) is 5.75 Å². The molecule has 3 N–H and O–H groups in total. The van der Waals surface area contributed by atoms with Crippen molar-refractivity contribution < 1.29 is 19.8 Å². The molecule has 0 fully saturated rings. The first-order chi connectivity index (χ1) is 16.6. The molecule has 0 aliphatic rings. The van der Waals surface area contributed by atoms with Crippen molar-refractivity contribution in [1.29, 1.82) is 0 Å². The van der Waals surface area contributed by atoms with Crippen LogP contribution in [0.3, 0.4) is 0 Å². The van der Waals surface area contributed by atoms with Gasteiger partial charge in [-0.2, -0.15) is 0 Å². The fourth-order valence-electron chi connectivity index (χ4n) is 4.25. The van der Waals surface area contributed by atoms with Crippen LogP contribution in [0.2, 0.25) is 0 Å². The molecule has 1 heterocycles. The molecule has 0 radical (unpaired) electrons. The van der Waals surface area contributed by atoms with Gasteiger partial charge in [0.1, 0.15) is 11.3 Å². The number of carbonyl (C=O) groups excluding carboxylic acids is 1. The number of hydrogen-bond donors (Lipinski definition) is 3. The number of phenolic OH excluding ortho intramolecular Hbond substituents is 1. The Labute approximate surface area is 211 Å². The van der Waals surface area contributed by atoms with Gasteiger partial charge in [-0.05, 0) is 46.6 Å². The number of aliphatic carboxylic acids is 1. The van der Waals surface area contributed by atoms with Crippen molar-refractivity contribution in [2.45, 2.75) is 65.7 Å². The van der Waals surface area contributed by atoms with E-state index in [9.17, 15) is 24.6 Å². The van der Waals surface area contributed by atoms with Gasteiger partial charge >= 0.3 is 5.97 Å². The third-order valence-corrected chi connectivity index (χ3v) is 6.49. The number of H-pyrrole nitrogens is 1. The van der Waals surface area contributed by atoms with E-state index in [1.165, 1.54) is 11.1 Å². The average molecular weight is 493 g/mol. The number of benzene rings is 2. The summed E-state index contributed by atoms with van der Waals surface area (Å²) in [5, 5.41) is 20.8. The average Bonchev–Trinajstić information content (AvgIpc) is 2.77. The fraction of sp³-hybridized carbons (Fsp3) is 0.414. The maximum atomic E-state index is 13.9. The number of nitrogens with one attached hydrogen (secondary N) is 1. The van der Waals surface area contributed by atoms with E-state index < -0.39 is 28.6 Å². The molecule has 1 amide bonds. The van der Waals surface area contributed by atoms with Gasteiger partial charge in [0, 0.05) is 29.7 Å². The first-order valence-electron chi connectivity index (χ1n) is 12.2. The molecule has 7 heteroatoms. The van der Waals surface area contributed by atoms with Gasteiger partial charge in [0.2, 0.25) is 5.43 Å². The molecule has 0 saturated carbocycles. The second-order valence-corrected chi connectivity index (χ2v) is 11.4. The van der Waals surface area contributed by atoms with Gasteiger partial charge in [0.05, 0.1) is 11.6 Å². The molecule has 3 rings (SSSR count). The van der Waals surface area contributed by atoms with Gasteiger partial charge in [-0.25, -0.2) is 0 Å². The summed E-state index contributed by atoms with van der Waals surface area (Å²) in [7, 11) is 0. The van der Waals surface area contributed by atoms with Crippen molar-refractivity contribution in [2.24, 2.45) is 5.92 Å². The number of carbonyl (C=O) groups is 2. The lowest BCUT2D eigenvalue weighted by molar-refractivity contribution is -0.141. The number of hydrogen-bond acceptors (Lipinski definition) is 4. The predicted molar refractivity (Wildman–Crippen MR) is 143 cm³/mol. The highest BCUT2D eigenvalue weighted by molar-refractivity contribution is 6.08. The number of anilines is 1. The highest BCUT2D eigenvalue weighted by Gasteiger charge is 2.31. The third kappa shape index (κ3) is 5.45. The summed E-state index contributed by atoms with van der Waals surface area (Å²) in [6.07, 6.45) is 1.58. The number of phenols is 1. The molecule has 0 spiro atoms. The van der Waals surface area contributed by atoms with Crippen molar-refractivity contribution in [3.05, 3.63) is 69.5 Å². The van der Waals surface area contributed by atoms with Crippen LogP contribution in [0, 0.1) is 5.92 Å². The number of pyridine rings is 1. The smallest absolute Gasteiger partial charge is 0.306 e. The minimum absolute atomic E-state index is 0.0435. The predicted octanol–water partition coefficient (Wildman–Crippen LogP) is 5.59. The van der Waals surface area contributed by atoms with E-state index in [0.717, 1.165) is 11.1 Å². The molecule has 3 aromatic rings. The van der Waals surface area contributed by atoms with Crippen molar-refractivity contribution in [1.82, 2.24) is 4.98 Å². The van der Waals surface area contributed by atoms with Crippen LogP contribution in [0.1, 0.15) is 76.4 Å². The van der Waals surface area contributed by atoms with Gasteiger partial charge in [0.15, 0.2) is 0 Å². The Balaban J connectivity index is 2.24. The molecule has 2 aromatic carbocycles. The minimum Gasteiger partial charge on any atom is -0.508 e. The van der Waals surface area contributed by atoms with E-state index >= 15 is 0 Å². The number of fused-ring (bicyclic) bond motifs is 1. The largest absolute Gasteiger partial charge is 0.508 e. The molecule has 0 saturated heterocycles. The number of para-hydroxylation sites is 1. The van der Waals surface area contributed by atoms with Crippen molar-refractivity contribution in [2.75, 3.05) is 11.4 Å². The SMILES string of the molecule is CC(CCN(C(=O)c1c[nH]c2ccccc2c1=O)c1cc(O)c(C(C)(C)C)cc1C(C)(C)C)C(=O)O. The molecule has 1 aromatic heterocycles. The van der Waals surface area contributed by atoms with Gasteiger partial charge in [0.25, 0.3) is 5.91 Å². The van der Waals surface area contributed by atoms with E-state index in [-0.39, 0.29) is 29.7 Å². The van der Waals surface area contributed by atoms with Crippen LogP contribution in [0.5, 0.6) is 5.75 Å². The monoisotopic (exact) mass is 492 g/mol. The Morgan fingerprint density at radius 2 is 1.61 bits per heavy atom. The summed E-state index contributed by atoms with van der Waals surface area (Å²) in [6.45, 7) is 13.7. The molecule has 7 nitrogen and oxygen atoms in total. The normalized spacial score (nSPS) is 13.0. The number of amides is 1. The Kier molecular flexibility index (Phi) is 7.35. The number of aromatic hydroxyl groups is 1. The van der Waals surface area contributed by atoms with E-state index in [1.54, 1.807) is 37.3 Å². The standard InChI is InChI=1S/C29H36N2O5/c1-17(27(35)36)12-13-31(26(34)19-16-30-22-11-9-8-10-18(22)25(19)33)23-15-24(32)21(29(5,6)7)14-20(23)28(2,3)4/h8-11,14-17,32H,12-13H2,1-7H3,(H,30,33)(H,35,36).